The number of carbonyl (C=O) groups is 3. The van der Waals surface area contributed by atoms with Crippen LogP contribution < -0.4 is 19.7 Å². The summed E-state index contributed by atoms with van der Waals surface area (Å²) in [6.45, 7) is 2.42. The molecule has 10 nitrogen and oxygen atoms in total. The van der Waals surface area contributed by atoms with Gasteiger partial charge < -0.3 is 9.47 Å². The molecule has 0 spiro atoms. The first kappa shape index (κ1) is 25.4. The fraction of sp³-hybridized carbons (Fsp3) is 0.115. The summed E-state index contributed by atoms with van der Waals surface area (Å²) in [4.78, 5) is 49.1. The summed E-state index contributed by atoms with van der Waals surface area (Å²) in [5.74, 6) is -0.694. The number of rotatable bonds is 8. The Morgan fingerprint density at radius 2 is 1.70 bits per heavy atom. The molecule has 3 aromatic rings. The molecule has 188 valence electrons. The van der Waals surface area contributed by atoms with Gasteiger partial charge in [0.15, 0.2) is 0 Å². The first-order chi connectivity index (χ1) is 17.8. The van der Waals surface area contributed by atoms with E-state index in [1.165, 1.54) is 24.3 Å². The highest BCUT2D eigenvalue weighted by Gasteiger charge is 2.36. The Hall–Kier alpha value is -4.70. The lowest BCUT2D eigenvalue weighted by Gasteiger charge is -2.26. The third kappa shape index (κ3) is 5.76. The van der Waals surface area contributed by atoms with E-state index in [4.69, 9.17) is 21.1 Å². The lowest BCUT2D eigenvalue weighted by Crippen LogP contribution is -2.54. The quantitative estimate of drug-likeness (QED) is 0.193. The molecule has 11 heteroatoms. The number of benzene rings is 3. The molecule has 1 heterocycles. The van der Waals surface area contributed by atoms with Crippen molar-refractivity contribution in [1.82, 2.24) is 5.32 Å². The number of hydrogen-bond acceptors (Lipinski definition) is 7. The van der Waals surface area contributed by atoms with E-state index in [1.807, 2.05) is 6.92 Å². The number of urea groups is 1. The van der Waals surface area contributed by atoms with Crippen molar-refractivity contribution in [2.75, 3.05) is 11.5 Å². The van der Waals surface area contributed by atoms with Crippen molar-refractivity contribution >= 4 is 46.9 Å². The second-order valence-electron chi connectivity index (χ2n) is 7.79. The molecule has 0 radical (unpaired) electrons. The van der Waals surface area contributed by atoms with Gasteiger partial charge >= 0.3 is 6.03 Å². The Kier molecular flexibility index (Phi) is 7.49. The fourth-order valence-electron chi connectivity index (χ4n) is 3.52. The fourth-order valence-corrected chi connectivity index (χ4v) is 3.76. The highest BCUT2D eigenvalue weighted by atomic mass is 35.5. The molecule has 0 atom stereocenters. The number of non-ortho nitro benzene ring substituents is 1. The summed E-state index contributed by atoms with van der Waals surface area (Å²) in [6, 6.07) is 16.1. The van der Waals surface area contributed by atoms with Crippen molar-refractivity contribution in [3.05, 3.63) is 98.6 Å². The van der Waals surface area contributed by atoms with Crippen LogP contribution in [0, 0.1) is 10.1 Å². The van der Waals surface area contributed by atoms with Crippen LogP contribution in [0.3, 0.4) is 0 Å². The molecule has 4 amide bonds. The maximum absolute atomic E-state index is 13.1. The number of ether oxygens (including phenoxy) is 2. The number of nitrogens with zero attached hydrogens (tertiary/aromatic N) is 2. The van der Waals surface area contributed by atoms with E-state index in [0.717, 1.165) is 4.90 Å². The molecular formula is C26H20ClN3O7. The van der Waals surface area contributed by atoms with Crippen molar-refractivity contribution < 1.29 is 28.8 Å². The number of imide groups is 2. The van der Waals surface area contributed by atoms with E-state index >= 15 is 0 Å². The van der Waals surface area contributed by atoms with Crippen molar-refractivity contribution in [2.45, 2.75) is 13.5 Å². The number of barbiturate groups is 1. The summed E-state index contributed by atoms with van der Waals surface area (Å²) in [5.41, 5.74) is 1.15. The minimum absolute atomic E-state index is 0.0248. The van der Waals surface area contributed by atoms with Gasteiger partial charge in [0.25, 0.3) is 17.5 Å². The van der Waals surface area contributed by atoms with Gasteiger partial charge in [0.05, 0.1) is 22.2 Å². The van der Waals surface area contributed by atoms with Gasteiger partial charge in [-0.2, -0.15) is 0 Å². The predicted molar refractivity (Wildman–Crippen MR) is 135 cm³/mol. The standard InChI is InChI=1S/C26H20ClN3O7/c1-2-36-20-10-8-18(9-11-20)29-25(32)21(24(31)28-26(29)33)13-17-5-12-23(22(27)14-17)37-15-16-3-6-19(7-4-16)30(34)35/h3-14H,2,15H2,1H3,(H,28,31,33)/b21-13+. The Morgan fingerprint density at radius 3 is 2.32 bits per heavy atom. The zero-order valence-corrected chi connectivity index (χ0v) is 20.2. The molecule has 0 bridgehead atoms. The van der Waals surface area contributed by atoms with Crippen molar-refractivity contribution in [2.24, 2.45) is 0 Å². The van der Waals surface area contributed by atoms with E-state index in [9.17, 15) is 24.5 Å². The van der Waals surface area contributed by atoms with Gasteiger partial charge in [-0.1, -0.05) is 17.7 Å². The Labute approximate surface area is 216 Å². The van der Waals surface area contributed by atoms with Gasteiger partial charge in [0, 0.05) is 12.1 Å². The maximum Gasteiger partial charge on any atom is 0.335 e. The molecule has 0 aromatic heterocycles. The second kappa shape index (κ2) is 10.9. The summed E-state index contributed by atoms with van der Waals surface area (Å²) in [6.07, 6.45) is 1.33. The number of nitrogens with one attached hydrogen (secondary N) is 1. The van der Waals surface area contributed by atoms with Gasteiger partial charge in [0.2, 0.25) is 0 Å². The van der Waals surface area contributed by atoms with Crippen LogP contribution in [0.1, 0.15) is 18.1 Å². The summed E-state index contributed by atoms with van der Waals surface area (Å²) in [7, 11) is 0. The average Bonchev–Trinajstić information content (AvgIpc) is 2.87. The molecule has 1 fully saturated rings. The van der Waals surface area contributed by atoms with E-state index in [-0.39, 0.29) is 28.6 Å². The molecule has 3 aromatic carbocycles. The predicted octanol–water partition coefficient (Wildman–Crippen LogP) is 4.89. The molecule has 1 saturated heterocycles. The Bertz CT molecular complexity index is 1400. The average molecular weight is 522 g/mol. The zero-order chi connectivity index (χ0) is 26.5. The van der Waals surface area contributed by atoms with E-state index in [2.05, 4.69) is 5.32 Å². The summed E-state index contributed by atoms with van der Waals surface area (Å²) >= 11 is 6.34. The number of halogens is 1. The molecule has 1 aliphatic rings. The number of nitro benzene ring substituents is 1. The van der Waals surface area contributed by atoms with Crippen LogP contribution in [0.4, 0.5) is 16.2 Å². The van der Waals surface area contributed by atoms with Crippen molar-refractivity contribution in [1.29, 1.82) is 0 Å². The summed E-state index contributed by atoms with van der Waals surface area (Å²) < 4.78 is 11.1. The lowest BCUT2D eigenvalue weighted by molar-refractivity contribution is -0.384. The first-order valence-corrected chi connectivity index (χ1v) is 11.4. The number of nitro groups is 1. The highest BCUT2D eigenvalue weighted by Crippen LogP contribution is 2.29. The van der Waals surface area contributed by atoms with Crippen LogP contribution in [-0.2, 0) is 16.2 Å². The second-order valence-corrected chi connectivity index (χ2v) is 8.19. The highest BCUT2D eigenvalue weighted by molar-refractivity contribution is 6.39. The van der Waals surface area contributed by atoms with Crippen molar-refractivity contribution in [3.8, 4) is 11.5 Å². The zero-order valence-electron chi connectivity index (χ0n) is 19.5. The van der Waals surface area contributed by atoms with Crippen LogP contribution in [0.2, 0.25) is 5.02 Å². The number of carbonyl (C=O) groups excluding carboxylic acids is 3. The maximum atomic E-state index is 13.1. The van der Waals surface area contributed by atoms with Crippen molar-refractivity contribution in [3.63, 3.8) is 0 Å². The van der Waals surface area contributed by atoms with Crippen LogP contribution in [-0.4, -0.2) is 29.4 Å². The van der Waals surface area contributed by atoms with Gasteiger partial charge in [0.1, 0.15) is 23.7 Å². The minimum atomic E-state index is -0.857. The normalized spacial score (nSPS) is 14.5. The third-order valence-electron chi connectivity index (χ3n) is 5.32. The van der Waals surface area contributed by atoms with Crippen LogP contribution in [0.15, 0.2) is 72.3 Å². The Morgan fingerprint density at radius 1 is 1.00 bits per heavy atom. The summed E-state index contributed by atoms with van der Waals surface area (Å²) in [5, 5.41) is 13.2. The molecule has 0 unspecified atom stereocenters. The first-order valence-electron chi connectivity index (χ1n) is 11.1. The smallest absolute Gasteiger partial charge is 0.335 e. The topological polar surface area (TPSA) is 128 Å². The Balaban J connectivity index is 1.51. The molecule has 1 N–H and O–H groups in total. The van der Waals surface area contributed by atoms with Crippen LogP contribution >= 0.6 is 11.6 Å². The van der Waals surface area contributed by atoms with E-state index < -0.39 is 22.8 Å². The van der Waals surface area contributed by atoms with Gasteiger partial charge in [-0.15, -0.1) is 0 Å². The number of hydrogen-bond donors (Lipinski definition) is 1. The molecule has 4 rings (SSSR count). The molecule has 1 aliphatic heterocycles. The van der Waals surface area contributed by atoms with Crippen LogP contribution in [0.5, 0.6) is 11.5 Å². The monoisotopic (exact) mass is 521 g/mol. The van der Waals surface area contributed by atoms with Gasteiger partial charge in [-0.05, 0) is 72.7 Å². The molecule has 0 aliphatic carbocycles. The van der Waals surface area contributed by atoms with Crippen LogP contribution in [0.25, 0.3) is 6.08 Å². The SMILES string of the molecule is CCOc1ccc(N2C(=O)NC(=O)/C(=C\c3ccc(OCc4ccc([N+](=O)[O-])cc4)c(Cl)c3)C2=O)cc1. The largest absolute Gasteiger partial charge is 0.494 e. The van der Waals surface area contributed by atoms with Gasteiger partial charge in [-0.25, -0.2) is 9.69 Å². The third-order valence-corrected chi connectivity index (χ3v) is 5.61. The van der Waals surface area contributed by atoms with Gasteiger partial charge in [-0.3, -0.25) is 25.0 Å². The molecular weight excluding hydrogens is 502 g/mol. The van der Waals surface area contributed by atoms with E-state index in [0.29, 0.717) is 29.2 Å². The molecule has 37 heavy (non-hydrogen) atoms. The lowest BCUT2D eigenvalue weighted by atomic mass is 10.1. The van der Waals surface area contributed by atoms with E-state index in [1.54, 1.807) is 48.5 Å². The number of anilines is 1. The molecule has 0 saturated carbocycles. The minimum Gasteiger partial charge on any atom is -0.494 e. The number of amides is 4.